The Balaban J connectivity index is 1.55. The van der Waals surface area contributed by atoms with Gasteiger partial charge in [0, 0.05) is 42.2 Å². The fraction of sp³-hybridized carbons (Fsp3) is 0.154. The first-order valence-corrected chi connectivity index (χ1v) is 10.4. The molecule has 4 rings (SSSR count). The van der Waals surface area contributed by atoms with E-state index in [-0.39, 0.29) is 12.5 Å². The van der Waals surface area contributed by atoms with E-state index < -0.39 is 0 Å². The molecule has 6 nitrogen and oxygen atoms in total. The molecule has 2 aromatic heterocycles. The van der Waals surface area contributed by atoms with Crippen molar-refractivity contribution in [3.8, 4) is 11.3 Å². The molecule has 2 N–H and O–H groups in total. The van der Waals surface area contributed by atoms with Gasteiger partial charge in [-0.3, -0.25) is 9.78 Å². The molecule has 4 aromatic rings. The number of benzene rings is 2. The van der Waals surface area contributed by atoms with Gasteiger partial charge in [-0.15, -0.1) is 0 Å². The topological polar surface area (TPSA) is 88.0 Å². The number of aromatic nitrogens is 3. The molecular formula is C26H24N4O2. The maximum atomic E-state index is 12.8. The van der Waals surface area contributed by atoms with E-state index in [1.165, 1.54) is 6.33 Å². The summed E-state index contributed by atoms with van der Waals surface area (Å²) in [7, 11) is 0. The second kappa shape index (κ2) is 9.94. The summed E-state index contributed by atoms with van der Waals surface area (Å²) >= 11 is 0. The fourth-order valence-electron chi connectivity index (χ4n) is 3.53. The number of amides is 1. The van der Waals surface area contributed by atoms with Gasteiger partial charge >= 0.3 is 0 Å². The number of rotatable bonds is 7. The van der Waals surface area contributed by atoms with E-state index in [4.69, 9.17) is 5.11 Å². The Labute approximate surface area is 187 Å². The molecule has 2 heterocycles. The van der Waals surface area contributed by atoms with Gasteiger partial charge in [-0.05, 0) is 72.5 Å². The van der Waals surface area contributed by atoms with Crippen LogP contribution in [0.1, 0.15) is 32.7 Å². The lowest BCUT2D eigenvalue weighted by atomic mass is 9.97. The molecule has 32 heavy (non-hydrogen) atoms. The van der Waals surface area contributed by atoms with Gasteiger partial charge in [0.05, 0.1) is 11.4 Å². The van der Waals surface area contributed by atoms with Gasteiger partial charge in [0.1, 0.15) is 6.33 Å². The van der Waals surface area contributed by atoms with Crippen LogP contribution in [-0.4, -0.2) is 32.6 Å². The smallest absolute Gasteiger partial charge is 0.255 e. The van der Waals surface area contributed by atoms with Crippen molar-refractivity contribution in [1.82, 2.24) is 15.0 Å². The summed E-state index contributed by atoms with van der Waals surface area (Å²) in [4.78, 5) is 25.8. The summed E-state index contributed by atoms with van der Waals surface area (Å²) in [6.45, 7) is 2.14. The lowest BCUT2D eigenvalue weighted by Gasteiger charge is -2.12. The number of aryl methyl sites for hydroxylation is 1. The van der Waals surface area contributed by atoms with Gasteiger partial charge in [-0.2, -0.15) is 0 Å². The van der Waals surface area contributed by atoms with Crippen LogP contribution in [0, 0.1) is 6.92 Å². The van der Waals surface area contributed by atoms with Crippen LogP contribution in [0.25, 0.3) is 11.3 Å². The minimum atomic E-state index is -0.168. The summed E-state index contributed by atoms with van der Waals surface area (Å²) in [5.41, 5.74) is 7.12. The Morgan fingerprint density at radius 1 is 1.00 bits per heavy atom. The van der Waals surface area contributed by atoms with Gasteiger partial charge in [0.2, 0.25) is 0 Å². The lowest BCUT2D eigenvalue weighted by molar-refractivity contribution is 0.102. The van der Waals surface area contributed by atoms with Crippen LogP contribution < -0.4 is 5.32 Å². The summed E-state index contributed by atoms with van der Waals surface area (Å²) in [5.74, 6) is -0.168. The van der Waals surface area contributed by atoms with Crippen molar-refractivity contribution in [2.75, 3.05) is 11.9 Å². The highest BCUT2D eigenvalue weighted by Crippen LogP contribution is 2.24. The van der Waals surface area contributed by atoms with E-state index in [9.17, 15) is 4.79 Å². The number of carbonyl (C=O) groups is 1. The molecular weight excluding hydrogens is 400 g/mol. The number of nitrogens with zero attached hydrogens (tertiary/aromatic N) is 3. The number of hydrogen-bond acceptors (Lipinski definition) is 5. The van der Waals surface area contributed by atoms with Crippen LogP contribution in [0.2, 0.25) is 0 Å². The first-order valence-electron chi connectivity index (χ1n) is 10.4. The predicted octanol–water partition coefficient (Wildman–Crippen LogP) is 4.22. The Bertz CT molecular complexity index is 1210. The Kier molecular flexibility index (Phi) is 6.63. The van der Waals surface area contributed by atoms with Crippen molar-refractivity contribution in [3.63, 3.8) is 0 Å². The molecule has 0 spiro atoms. The van der Waals surface area contributed by atoms with Crippen molar-refractivity contribution in [2.24, 2.45) is 0 Å². The van der Waals surface area contributed by atoms with Crippen LogP contribution in [-0.2, 0) is 12.8 Å². The third-order valence-electron chi connectivity index (χ3n) is 5.33. The zero-order valence-electron chi connectivity index (χ0n) is 17.8. The average molecular weight is 425 g/mol. The molecule has 0 bridgehead atoms. The summed E-state index contributed by atoms with van der Waals surface area (Å²) in [6.07, 6.45) is 6.19. The Morgan fingerprint density at radius 2 is 1.84 bits per heavy atom. The highest BCUT2D eigenvalue weighted by atomic mass is 16.3. The number of aliphatic hydroxyl groups is 1. The predicted molar refractivity (Wildman–Crippen MR) is 124 cm³/mol. The number of pyridine rings is 1. The summed E-state index contributed by atoms with van der Waals surface area (Å²) in [6, 6.07) is 19.0. The molecule has 160 valence electrons. The van der Waals surface area contributed by atoms with Crippen molar-refractivity contribution in [1.29, 1.82) is 0 Å². The van der Waals surface area contributed by atoms with Gasteiger partial charge in [0.25, 0.3) is 5.91 Å². The van der Waals surface area contributed by atoms with E-state index in [0.29, 0.717) is 18.4 Å². The number of nitrogens with one attached hydrogen (secondary N) is 1. The molecule has 0 radical (unpaired) electrons. The first kappa shape index (κ1) is 21.3. The minimum Gasteiger partial charge on any atom is -0.396 e. The van der Waals surface area contributed by atoms with Crippen molar-refractivity contribution in [2.45, 2.75) is 19.8 Å². The molecule has 0 aliphatic heterocycles. The summed E-state index contributed by atoms with van der Waals surface area (Å²) < 4.78 is 0. The molecule has 0 aliphatic rings. The quantitative estimate of drug-likeness (QED) is 0.464. The second-order valence-electron chi connectivity index (χ2n) is 7.53. The Hall–Kier alpha value is -3.90. The van der Waals surface area contributed by atoms with Gasteiger partial charge in [-0.1, -0.05) is 18.2 Å². The van der Waals surface area contributed by atoms with Crippen molar-refractivity contribution >= 4 is 11.6 Å². The summed E-state index contributed by atoms with van der Waals surface area (Å²) in [5, 5.41) is 12.0. The van der Waals surface area contributed by atoms with Crippen molar-refractivity contribution < 1.29 is 9.90 Å². The SMILES string of the molecule is Cc1ccc(C(=O)Nc2ccc(CCO)cc2)cc1Cc1ncccc1-c1ccncn1. The number of hydrogen-bond donors (Lipinski definition) is 2. The molecule has 0 unspecified atom stereocenters. The van der Waals surface area contributed by atoms with Gasteiger partial charge in [-0.25, -0.2) is 9.97 Å². The zero-order valence-corrected chi connectivity index (χ0v) is 17.8. The number of carbonyl (C=O) groups excluding carboxylic acids is 1. The maximum Gasteiger partial charge on any atom is 0.255 e. The fourth-order valence-corrected chi connectivity index (χ4v) is 3.53. The third kappa shape index (κ3) is 5.04. The molecule has 2 aromatic carbocycles. The second-order valence-corrected chi connectivity index (χ2v) is 7.53. The number of anilines is 1. The van der Waals surface area contributed by atoms with Crippen molar-refractivity contribution in [3.05, 3.63) is 107 Å². The standard InChI is InChI=1S/C26H24N4O2/c1-18-4-7-20(26(32)30-22-8-5-19(6-9-22)11-14-31)15-21(18)16-25-23(3-2-12-28-25)24-10-13-27-17-29-24/h2-10,12-13,15,17,31H,11,14,16H2,1H3,(H,30,32). The van der Waals surface area contributed by atoms with E-state index in [1.54, 1.807) is 12.4 Å². The minimum absolute atomic E-state index is 0.104. The maximum absolute atomic E-state index is 12.8. The molecule has 1 amide bonds. The van der Waals surface area contributed by atoms with Gasteiger partial charge < -0.3 is 10.4 Å². The van der Waals surface area contributed by atoms with Gasteiger partial charge in [0.15, 0.2) is 0 Å². The molecule has 0 saturated carbocycles. The number of aliphatic hydroxyl groups excluding tert-OH is 1. The Morgan fingerprint density at radius 3 is 2.59 bits per heavy atom. The zero-order chi connectivity index (χ0) is 22.3. The third-order valence-corrected chi connectivity index (χ3v) is 5.33. The van der Waals surface area contributed by atoms with E-state index in [1.807, 2.05) is 67.6 Å². The van der Waals surface area contributed by atoms with E-state index in [0.717, 1.165) is 39.3 Å². The lowest BCUT2D eigenvalue weighted by Crippen LogP contribution is -2.12. The highest BCUT2D eigenvalue weighted by Gasteiger charge is 2.13. The van der Waals surface area contributed by atoms with Crippen LogP contribution in [0.5, 0.6) is 0 Å². The molecule has 0 atom stereocenters. The van der Waals surface area contributed by atoms with Crippen LogP contribution >= 0.6 is 0 Å². The monoisotopic (exact) mass is 424 g/mol. The molecule has 0 aliphatic carbocycles. The first-order chi connectivity index (χ1) is 15.6. The average Bonchev–Trinajstić information content (AvgIpc) is 2.83. The highest BCUT2D eigenvalue weighted by molar-refractivity contribution is 6.04. The molecule has 6 heteroatoms. The normalized spacial score (nSPS) is 10.7. The van der Waals surface area contributed by atoms with Crippen LogP contribution in [0.15, 0.2) is 79.4 Å². The molecule has 0 fully saturated rings. The largest absolute Gasteiger partial charge is 0.396 e. The van der Waals surface area contributed by atoms with E-state index >= 15 is 0 Å². The van der Waals surface area contributed by atoms with E-state index in [2.05, 4.69) is 20.3 Å². The van der Waals surface area contributed by atoms with Crippen LogP contribution in [0.4, 0.5) is 5.69 Å². The van der Waals surface area contributed by atoms with Crippen LogP contribution in [0.3, 0.4) is 0 Å². The molecule has 0 saturated heterocycles.